The molecule has 114 valence electrons. The molecule has 0 aromatic carbocycles. The average molecular weight is 344 g/mol. The Morgan fingerprint density at radius 2 is 2.25 bits per heavy atom. The summed E-state index contributed by atoms with van der Waals surface area (Å²) in [6.45, 7) is 8.34. The average Bonchev–Trinajstić information content (AvgIpc) is 2.96. The number of hydrogen-bond acceptors (Lipinski definition) is 3. The van der Waals surface area contributed by atoms with Crippen LogP contribution in [0.5, 0.6) is 0 Å². The maximum Gasteiger partial charge on any atom is 0.0766 e. The Hall–Kier alpha value is -0.390. The van der Waals surface area contributed by atoms with Crippen LogP contribution in [0.15, 0.2) is 4.47 Å². The number of aromatic nitrogens is 2. The zero-order valence-electron chi connectivity index (χ0n) is 12.9. The second kappa shape index (κ2) is 7.05. The van der Waals surface area contributed by atoms with E-state index in [1.165, 1.54) is 10.2 Å². The predicted octanol–water partition coefficient (Wildman–Crippen LogP) is 2.69. The highest BCUT2D eigenvalue weighted by Gasteiger charge is 2.30. The van der Waals surface area contributed by atoms with Crippen molar-refractivity contribution < 1.29 is 4.74 Å². The lowest BCUT2D eigenvalue weighted by Gasteiger charge is -2.23. The highest BCUT2D eigenvalue weighted by molar-refractivity contribution is 9.10. The molecule has 1 aromatic rings. The van der Waals surface area contributed by atoms with Crippen molar-refractivity contribution in [3.8, 4) is 0 Å². The van der Waals surface area contributed by atoms with Gasteiger partial charge < -0.3 is 10.1 Å². The van der Waals surface area contributed by atoms with Gasteiger partial charge >= 0.3 is 0 Å². The van der Waals surface area contributed by atoms with Crippen molar-refractivity contribution in [3.63, 3.8) is 0 Å². The van der Waals surface area contributed by atoms with Gasteiger partial charge in [0.25, 0.3) is 0 Å². The topological polar surface area (TPSA) is 39.1 Å². The van der Waals surface area contributed by atoms with E-state index in [1.54, 1.807) is 0 Å². The molecule has 0 aliphatic carbocycles. The first-order valence-electron chi connectivity index (χ1n) is 7.62. The summed E-state index contributed by atoms with van der Waals surface area (Å²) in [6.07, 6.45) is 3.50. The highest BCUT2D eigenvalue weighted by Crippen LogP contribution is 2.28. The third-order valence-electron chi connectivity index (χ3n) is 4.18. The summed E-state index contributed by atoms with van der Waals surface area (Å²) in [4.78, 5) is 0. The predicted molar refractivity (Wildman–Crippen MR) is 85.0 cm³/mol. The third-order valence-corrected chi connectivity index (χ3v) is 5.10. The first-order chi connectivity index (χ1) is 9.56. The van der Waals surface area contributed by atoms with E-state index in [-0.39, 0.29) is 0 Å². The van der Waals surface area contributed by atoms with Crippen molar-refractivity contribution in [1.82, 2.24) is 15.1 Å². The summed E-state index contributed by atoms with van der Waals surface area (Å²) in [5, 5.41) is 8.23. The molecule has 1 aliphatic heterocycles. The van der Waals surface area contributed by atoms with Crippen LogP contribution in [0.1, 0.15) is 38.6 Å². The second-order valence-electron chi connectivity index (χ2n) is 5.69. The lowest BCUT2D eigenvalue weighted by Crippen LogP contribution is -2.39. The normalized spacial score (nSPS) is 24.2. The van der Waals surface area contributed by atoms with Gasteiger partial charge in [-0.05, 0) is 42.2 Å². The van der Waals surface area contributed by atoms with Crippen LogP contribution in [0, 0.1) is 5.92 Å². The summed E-state index contributed by atoms with van der Waals surface area (Å²) in [5.41, 5.74) is 2.43. The third kappa shape index (κ3) is 3.43. The molecule has 20 heavy (non-hydrogen) atoms. The van der Waals surface area contributed by atoms with Gasteiger partial charge in [0.05, 0.1) is 28.6 Å². The van der Waals surface area contributed by atoms with Crippen LogP contribution in [0.2, 0.25) is 0 Å². The van der Waals surface area contributed by atoms with Gasteiger partial charge in [-0.25, -0.2) is 0 Å². The van der Waals surface area contributed by atoms with Gasteiger partial charge in [-0.2, -0.15) is 5.10 Å². The van der Waals surface area contributed by atoms with Gasteiger partial charge in [-0.1, -0.05) is 13.8 Å². The molecular weight excluding hydrogens is 318 g/mol. The lowest BCUT2D eigenvalue weighted by molar-refractivity contribution is 0.117. The van der Waals surface area contributed by atoms with Gasteiger partial charge in [0.15, 0.2) is 0 Å². The fraction of sp³-hybridized carbons (Fsp3) is 0.800. The van der Waals surface area contributed by atoms with E-state index < -0.39 is 0 Å². The zero-order chi connectivity index (χ0) is 14.7. The fourth-order valence-corrected chi connectivity index (χ4v) is 3.83. The first-order valence-corrected chi connectivity index (χ1v) is 8.41. The number of rotatable bonds is 6. The maximum atomic E-state index is 5.74. The molecule has 3 unspecified atom stereocenters. The molecule has 3 atom stereocenters. The van der Waals surface area contributed by atoms with E-state index in [1.807, 2.05) is 11.7 Å². The standard InChI is InChI=1S/C15H26BrN3O/c1-5-12-15(16)14(19(4)18-12)8-13(17-6-2)11-7-10(3)20-9-11/h10-11,13,17H,5-9H2,1-4H3. The summed E-state index contributed by atoms with van der Waals surface area (Å²) in [7, 11) is 2.04. The number of aryl methyl sites for hydroxylation is 2. The van der Waals surface area contributed by atoms with Crippen LogP contribution >= 0.6 is 15.9 Å². The second-order valence-corrected chi connectivity index (χ2v) is 6.49. The molecule has 0 radical (unpaired) electrons. The molecule has 0 bridgehead atoms. The first kappa shape index (κ1) is 16.0. The Bertz CT molecular complexity index is 447. The largest absolute Gasteiger partial charge is 0.378 e. The summed E-state index contributed by atoms with van der Waals surface area (Å²) in [6, 6.07) is 0.460. The van der Waals surface area contributed by atoms with Crippen molar-refractivity contribution in [2.24, 2.45) is 13.0 Å². The quantitative estimate of drug-likeness (QED) is 0.862. The number of halogens is 1. The van der Waals surface area contributed by atoms with Crippen LogP contribution in [-0.2, 0) is 24.6 Å². The minimum absolute atomic E-state index is 0.391. The maximum absolute atomic E-state index is 5.74. The molecule has 4 nitrogen and oxygen atoms in total. The Labute approximate surface area is 130 Å². The van der Waals surface area contributed by atoms with Crippen molar-refractivity contribution >= 4 is 15.9 Å². The lowest BCUT2D eigenvalue weighted by atomic mass is 9.93. The SMILES string of the molecule is CCNC(Cc1c(Br)c(CC)nn1C)C1COC(C)C1. The van der Waals surface area contributed by atoms with E-state index in [2.05, 4.69) is 47.1 Å². The molecule has 0 saturated carbocycles. The number of likely N-dealkylation sites (N-methyl/N-ethyl adjacent to an activating group) is 1. The molecule has 1 N–H and O–H groups in total. The Balaban J connectivity index is 2.13. The van der Waals surface area contributed by atoms with E-state index in [4.69, 9.17) is 4.74 Å². The van der Waals surface area contributed by atoms with Crippen LogP contribution in [0.25, 0.3) is 0 Å². The van der Waals surface area contributed by atoms with Crippen molar-refractivity contribution in [2.75, 3.05) is 13.2 Å². The smallest absolute Gasteiger partial charge is 0.0766 e. The van der Waals surface area contributed by atoms with E-state index in [0.29, 0.717) is 18.1 Å². The zero-order valence-corrected chi connectivity index (χ0v) is 14.5. The van der Waals surface area contributed by atoms with Crippen LogP contribution in [0.3, 0.4) is 0 Å². The molecule has 1 aromatic heterocycles. The van der Waals surface area contributed by atoms with Gasteiger partial charge in [0.1, 0.15) is 0 Å². The molecule has 5 heteroatoms. The number of nitrogens with zero attached hydrogens (tertiary/aromatic N) is 2. The van der Waals surface area contributed by atoms with Crippen molar-refractivity contribution in [3.05, 3.63) is 15.9 Å². The van der Waals surface area contributed by atoms with E-state index >= 15 is 0 Å². The fourth-order valence-electron chi connectivity index (χ4n) is 3.05. The summed E-state index contributed by atoms with van der Waals surface area (Å²) >= 11 is 3.72. The van der Waals surface area contributed by atoms with E-state index in [9.17, 15) is 0 Å². The van der Waals surface area contributed by atoms with E-state index in [0.717, 1.165) is 38.1 Å². The van der Waals surface area contributed by atoms with Crippen LogP contribution in [0.4, 0.5) is 0 Å². The number of nitrogens with one attached hydrogen (secondary N) is 1. The Kier molecular flexibility index (Phi) is 5.64. The summed E-state index contributed by atoms with van der Waals surface area (Å²) < 4.78 is 8.94. The van der Waals surface area contributed by atoms with Crippen LogP contribution < -0.4 is 5.32 Å². The number of hydrogen-bond donors (Lipinski definition) is 1. The molecule has 1 saturated heterocycles. The van der Waals surface area contributed by atoms with Gasteiger partial charge in [0.2, 0.25) is 0 Å². The Morgan fingerprint density at radius 3 is 2.75 bits per heavy atom. The molecular formula is C15H26BrN3O. The molecule has 1 fully saturated rings. The highest BCUT2D eigenvalue weighted by atomic mass is 79.9. The number of ether oxygens (including phenoxy) is 1. The minimum atomic E-state index is 0.391. The van der Waals surface area contributed by atoms with Gasteiger partial charge in [-0.3, -0.25) is 4.68 Å². The minimum Gasteiger partial charge on any atom is -0.378 e. The van der Waals surface area contributed by atoms with Crippen molar-refractivity contribution in [2.45, 2.75) is 52.2 Å². The molecule has 0 amide bonds. The molecule has 2 rings (SSSR count). The monoisotopic (exact) mass is 343 g/mol. The molecule has 2 heterocycles. The molecule has 1 aliphatic rings. The van der Waals surface area contributed by atoms with Crippen LogP contribution in [-0.4, -0.2) is 35.1 Å². The summed E-state index contributed by atoms with van der Waals surface area (Å²) in [5.74, 6) is 0.594. The Morgan fingerprint density at radius 1 is 1.50 bits per heavy atom. The molecule has 0 spiro atoms. The van der Waals surface area contributed by atoms with Gasteiger partial charge in [-0.15, -0.1) is 0 Å². The van der Waals surface area contributed by atoms with Gasteiger partial charge in [0, 0.05) is 25.4 Å². The van der Waals surface area contributed by atoms with Crippen molar-refractivity contribution in [1.29, 1.82) is 0 Å².